The van der Waals surface area contributed by atoms with E-state index in [0.717, 1.165) is 17.9 Å². The van der Waals surface area contributed by atoms with Crippen molar-refractivity contribution >= 4 is 17.4 Å². The van der Waals surface area contributed by atoms with Crippen molar-refractivity contribution in [2.45, 2.75) is 20.3 Å². The summed E-state index contributed by atoms with van der Waals surface area (Å²) in [6, 6.07) is 11.0. The Morgan fingerprint density at radius 2 is 1.96 bits per heavy atom. The largest absolute Gasteiger partial charge is 0.497 e. The van der Waals surface area contributed by atoms with E-state index in [1.54, 1.807) is 25.4 Å². The average molecular weight is 313 g/mol. The lowest BCUT2D eigenvalue weighted by atomic mass is 10.1. The fourth-order valence-electron chi connectivity index (χ4n) is 2.04. The maximum absolute atomic E-state index is 12.1. The Kier molecular flexibility index (Phi) is 5.97. The average Bonchev–Trinajstić information content (AvgIpc) is 2.55. The van der Waals surface area contributed by atoms with Crippen LogP contribution < -0.4 is 15.4 Å². The molecule has 0 bridgehead atoms. The van der Waals surface area contributed by atoms with Gasteiger partial charge in [-0.2, -0.15) is 0 Å². The number of benzene rings is 1. The number of ether oxygens (including phenoxy) is 1. The summed E-state index contributed by atoms with van der Waals surface area (Å²) in [6.45, 7) is 4.95. The van der Waals surface area contributed by atoms with Crippen LogP contribution in [0.5, 0.6) is 5.75 Å². The highest BCUT2D eigenvalue weighted by Gasteiger charge is 2.07. The van der Waals surface area contributed by atoms with Crippen molar-refractivity contribution in [3.8, 4) is 5.75 Å². The third kappa shape index (κ3) is 5.29. The number of aromatic nitrogens is 1. The van der Waals surface area contributed by atoms with Crippen LogP contribution in [0, 0.1) is 5.92 Å². The molecule has 0 unspecified atom stereocenters. The Labute approximate surface area is 137 Å². The lowest BCUT2D eigenvalue weighted by molar-refractivity contribution is 0.0952. The van der Waals surface area contributed by atoms with Crippen molar-refractivity contribution in [1.29, 1.82) is 0 Å². The van der Waals surface area contributed by atoms with E-state index in [9.17, 15) is 4.79 Å². The van der Waals surface area contributed by atoms with Crippen molar-refractivity contribution in [1.82, 2.24) is 10.3 Å². The first-order valence-electron chi connectivity index (χ1n) is 7.74. The molecular formula is C18H23N3O2. The minimum Gasteiger partial charge on any atom is -0.497 e. The van der Waals surface area contributed by atoms with E-state index < -0.39 is 0 Å². The summed E-state index contributed by atoms with van der Waals surface area (Å²) >= 11 is 0. The number of anilines is 2. The Morgan fingerprint density at radius 1 is 1.22 bits per heavy atom. The fraction of sp³-hybridized carbons (Fsp3) is 0.333. The molecule has 0 aliphatic rings. The SMILES string of the molecule is COc1ccc(Nc2cc(C(=O)NCCC(C)C)ccn2)cc1. The maximum Gasteiger partial charge on any atom is 0.251 e. The number of hydrogen-bond donors (Lipinski definition) is 2. The lowest BCUT2D eigenvalue weighted by Gasteiger charge is -2.09. The van der Waals surface area contributed by atoms with Crippen molar-refractivity contribution in [2.75, 3.05) is 19.0 Å². The highest BCUT2D eigenvalue weighted by Crippen LogP contribution is 2.19. The van der Waals surface area contributed by atoms with Crippen molar-refractivity contribution in [3.63, 3.8) is 0 Å². The molecule has 2 rings (SSSR count). The summed E-state index contributed by atoms with van der Waals surface area (Å²) in [4.78, 5) is 16.4. The van der Waals surface area contributed by atoms with E-state index in [0.29, 0.717) is 23.8 Å². The molecule has 122 valence electrons. The van der Waals surface area contributed by atoms with Gasteiger partial charge in [-0.25, -0.2) is 4.98 Å². The quantitative estimate of drug-likeness (QED) is 0.819. The molecule has 23 heavy (non-hydrogen) atoms. The molecule has 2 aromatic rings. The van der Waals surface area contributed by atoms with Gasteiger partial charge >= 0.3 is 0 Å². The normalized spacial score (nSPS) is 10.4. The number of pyridine rings is 1. The second-order valence-electron chi connectivity index (χ2n) is 5.72. The number of amides is 1. The summed E-state index contributed by atoms with van der Waals surface area (Å²) in [5.41, 5.74) is 1.48. The van der Waals surface area contributed by atoms with E-state index in [1.165, 1.54) is 0 Å². The van der Waals surface area contributed by atoms with E-state index in [2.05, 4.69) is 29.5 Å². The van der Waals surface area contributed by atoms with Gasteiger partial charge in [0, 0.05) is 24.0 Å². The summed E-state index contributed by atoms with van der Waals surface area (Å²) in [7, 11) is 1.63. The predicted octanol–water partition coefficient (Wildman–Crippen LogP) is 3.61. The Balaban J connectivity index is 1.99. The number of carbonyl (C=O) groups excluding carboxylic acids is 1. The van der Waals surface area contributed by atoms with Crippen LogP contribution in [0.2, 0.25) is 0 Å². The van der Waals surface area contributed by atoms with Gasteiger partial charge in [-0.3, -0.25) is 4.79 Å². The smallest absolute Gasteiger partial charge is 0.251 e. The molecule has 0 saturated heterocycles. The summed E-state index contributed by atoms with van der Waals surface area (Å²) in [5, 5.41) is 6.10. The summed E-state index contributed by atoms with van der Waals surface area (Å²) < 4.78 is 5.13. The zero-order valence-corrected chi connectivity index (χ0v) is 13.8. The number of nitrogens with one attached hydrogen (secondary N) is 2. The van der Waals surface area contributed by atoms with Crippen LogP contribution >= 0.6 is 0 Å². The van der Waals surface area contributed by atoms with Crippen molar-refractivity contribution in [3.05, 3.63) is 48.2 Å². The topological polar surface area (TPSA) is 63.2 Å². The first-order chi connectivity index (χ1) is 11.1. The molecule has 5 nitrogen and oxygen atoms in total. The highest BCUT2D eigenvalue weighted by molar-refractivity contribution is 5.94. The minimum atomic E-state index is -0.0779. The number of methoxy groups -OCH3 is 1. The Hall–Kier alpha value is -2.56. The molecule has 0 radical (unpaired) electrons. The lowest BCUT2D eigenvalue weighted by Crippen LogP contribution is -2.25. The number of nitrogens with zero attached hydrogens (tertiary/aromatic N) is 1. The Morgan fingerprint density at radius 3 is 2.61 bits per heavy atom. The molecule has 1 aromatic heterocycles. The monoisotopic (exact) mass is 313 g/mol. The van der Waals surface area contributed by atoms with Gasteiger partial charge in [-0.15, -0.1) is 0 Å². The number of hydrogen-bond acceptors (Lipinski definition) is 4. The molecular weight excluding hydrogens is 290 g/mol. The third-order valence-electron chi connectivity index (χ3n) is 3.39. The van der Waals surface area contributed by atoms with Gasteiger partial charge in [-0.1, -0.05) is 13.8 Å². The van der Waals surface area contributed by atoms with Crippen LogP contribution in [0.25, 0.3) is 0 Å². The molecule has 2 N–H and O–H groups in total. The molecule has 0 aliphatic heterocycles. The number of rotatable bonds is 7. The highest BCUT2D eigenvalue weighted by atomic mass is 16.5. The van der Waals surface area contributed by atoms with E-state index in [-0.39, 0.29) is 5.91 Å². The van der Waals surface area contributed by atoms with Gasteiger partial charge in [0.15, 0.2) is 0 Å². The van der Waals surface area contributed by atoms with Gasteiger partial charge in [0.25, 0.3) is 5.91 Å². The molecule has 0 atom stereocenters. The third-order valence-corrected chi connectivity index (χ3v) is 3.39. The van der Waals surface area contributed by atoms with Gasteiger partial charge in [0.05, 0.1) is 7.11 Å². The maximum atomic E-state index is 12.1. The zero-order valence-electron chi connectivity index (χ0n) is 13.8. The van der Waals surface area contributed by atoms with E-state index >= 15 is 0 Å². The molecule has 1 heterocycles. The second-order valence-corrected chi connectivity index (χ2v) is 5.72. The number of carbonyl (C=O) groups is 1. The van der Waals surface area contributed by atoms with Gasteiger partial charge in [0.2, 0.25) is 0 Å². The van der Waals surface area contributed by atoms with E-state index in [4.69, 9.17) is 4.74 Å². The minimum absolute atomic E-state index is 0.0779. The molecule has 1 aromatic carbocycles. The van der Waals surface area contributed by atoms with Gasteiger partial charge in [-0.05, 0) is 48.7 Å². The molecule has 5 heteroatoms. The van der Waals surface area contributed by atoms with E-state index in [1.807, 2.05) is 24.3 Å². The van der Waals surface area contributed by atoms with Crippen molar-refractivity contribution in [2.24, 2.45) is 5.92 Å². The molecule has 0 saturated carbocycles. The first-order valence-corrected chi connectivity index (χ1v) is 7.74. The zero-order chi connectivity index (χ0) is 16.7. The van der Waals surface area contributed by atoms with Gasteiger partial charge < -0.3 is 15.4 Å². The molecule has 0 aliphatic carbocycles. The van der Waals surface area contributed by atoms with Crippen molar-refractivity contribution < 1.29 is 9.53 Å². The molecule has 0 spiro atoms. The van der Waals surface area contributed by atoms with Crippen LogP contribution in [0.1, 0.15) is 30.6 Å². The fourth-order valence-corrected chi connectivity index (χ4v) is 2.04. The van der Waals surface area contributed by atoms with Crippen LogP contribution in [0.15, 0.2) is 42.6 Å². The first kappa shape index (κ1) is 16.8. The van der Waals surface area contributed by atoms with Crippen LogP contribution in [-0.4, -0.2) is 24.5 Å². The predicted molar refractivity (Wildman–Crippen MR) is 92.3 cm³/mol. The molecule has 1 amide bonds. The van der Waals surface area contributed by atoms with Crippen LogP contribution in [-0.2, 0) is 0 Å². The van der Waals surface area contributed by atoms with Gasteiger partial charge in [0.1, 0.15) is 11.6 Å². The van der Waals surface area contributed by atoms with Crippen LogP contribution in [0.4, 0.5) is 11.5 Å². The summed E-state index contributed by atoms with van der Waals surface area (Å²) in [6.07, 6.45) is 2.59. The second kappa shape index (κ2) is 8.17. The Bertz CT molecular complexity index is 639. The molecule has 0 fully saturated rings. The summed E-state index contributed by atoms with van der Waals surface area (Å²) in [5.74, 6) is 1.92. The standard InChI is InChI=1S/C18H23N3O2/c1-13(2)8-10-20-18(22)14-9-11-19-17(12-14)21-15-4-6-16(23-3)7-5-15/h4-7,9,11-13H,8,10H2,1-3H3,(H,19,21)(H,20,22). The van der Waals surface area contributed by atoms with Crippen LogP contribution in [0.3, 0.4) is 0 Å².